The minimum Gasteiger partial charge on any atom is -0.325 e. The monoisotopic (exact) mass is 440 g/mol. The highest BCUT2D eigenvalue weighted by Gasteiger charge is 2.15. The van der Waals surface area contributed by atoms with E-state index in [1.54, 1.807) is 0 Å². The van der Waals surface area contributed by atoms with E-state index in [0.717, 1.165) is 44.2 Å². The van der Waals surface area contributed by atoms with Crippen LogP contribution in [0, 0.1) is 0 Å². The van der Waals surface area contributed by atoms with Crippen LogP contribution in [0.1, 0.15) is 12.5 Å². The molecular formula is C21H17ClN4OS2. The molecule has 0 bridgehead atoms. The number of hydrogen-bond donors (Lipinski definition) is 1. The van der Waals surface area contributed by atoms with Crippen LogP contribution in [0.15, 0.2) is 59.9 Å². The fourth-order valence-electron chi connectivity index (χ4n) is 2.91. The van der Waals surface area contributed by atoms with Gasteiger partial charge in [-0.1, -0.05) is 60.6 Å². The second-order valence-corrected chi connectivity index (χ2v) is 8.42. The Labute approximate surface area is 181 Å². The van der Waals surface area contributed by atoms with Crippen molar-refractivity contribution in [1.29, 1.82) is 0 Å². The summed E-state index contributed by atoms with van der Waals surface area (Å²) >= 11 is 8.71. The van der Waals surface area contributed by atoms with Gasteiger partial charge in [0, 0.05) is 16.3 Å². The average Bonchev–Trinajstić information content (AvgIpc) is 3.18. The Hall–Kier alpha value is -2.48. The van der Waals surface area contributed by atoms with Gasteiger partial charge in [-0.3, -0.25) is 4.79 Å². The van der Waals surface area contributed by atoms with Gasteiger partial charge in [0.25, 0.3) is 0 Å². The molecule has 5 nitrogen and oxygen atoms in total. The standard InChI is InChI=1S/C21H17ClN4OS2/c1-2-13-5-3-4-6-16(13)25-17(27)11-28-21-20-19(23-12-24-21)18(26-29-20)14-7-9-15(22)10-8-14/h3-10,12H,2,11H2,1H3,(H,25,27). The third-order valence-electron chi connectivity index (χ3n) is 4.35. The van der Waals surface area contributed by atoms with Crippen molar-refractivity contribution in [2.75, 3.05) is 11.1 Å². The normalized spacial score (nSPS) is 11.0. The average molecular weight is 441 g/mol. The number of halogens is 1. The van der Waals surface area contributed by atoms with E-state index in [0.29, 0.717) is 5.02 Å². The molecule has 0 spiro atoms. The molecule has 2 heterocycles. The molecule has 146 valence electrons. The molecule has 0 saturated carbocycles. The Kier molecular flexibility index (Phi) is 6.08. The lowest BCUT2D eigenvalue weighted by Crippen LogP contribution is -2.15. The quantitative estimate of drug-likeness (QED) is 0.307. The fourth-order valence-corrected chi connectivity index (χ4v) is 4.76. The third kappa shape index (κ3) is 4.42. The van der Waals surface area contributed by atoms with Gasteiger partial charge >= 0.3 is 0 Å². The molecule has 0 radical (unpaired) electrons. The van der Waals surface area contributed by atoms with Crippen LogP contribution in [-0.4, -0.2) is 26.0 Å². The second kappa shape index (κ2) is 8.90. The lowest BCUT2D eigenvalue weighted by molar-refractivity contribution is -0.113. The van der Waals surface area contributed by atoms with Gasteiger partial charge in [-0.25, -0.2) is 9.97 Å². The molecule has 4 aromatic rings. The molecule has 1 N–H and O–H groups in total. The zero-order valence-electron chi connectivity index (χ0n) is 15.6. The van der Waals surface area contributed by atoms with E-state index in [-0.39, 0.29) is 11.7 Å². The number of aryl methyl sites for hydroxylation is 1. The van der Waals surface area contributed by atoms with Crippen LogP contribution < -0.4 is 5.32 Å². The van der Waals surface area contributed by atoms with Crippen molar-refractivity contribution < 1.29 is 4.79 Å². The summed E-state index contributed by atoms with van der Waals surface area (Å²) in [6.45, 7) is 2.07. The van der Waals surface area contributed by atoms with Gasteiger partial charge in [-0.05, 0) is 41.7 Å². The maximum Gasteiger partial charge on any atom is 0.234 e. The summed E-state index contributed by atoms with van der Waals surface area (Å²) in [4.78, 5) is 21.2. The first-order valence-electron chi connectivity index (χ1n) is 9.02. The number of aromatic nitrogens is 3. The van der Waals surface area contributed by atoms with Crippen molar-refractivity contribution in [3.05, 3.63) is 65.4 Å². The molecule has 0 fully saturated rings. The zero-order chi connectivity index (χ0) is 20.2. The molecule has 0 aliphatic carbocycles. The van der Waals surface area contributed by atoms with Crippen LogP contribution in [0.4, 0.5) is 5.69 Å². The number of amides is 1. The van der Waals surface area contributed by atoms with Crippen LogP contribution >= 0.6 is 34.9 Å². The Bertz CT molecular complexity index is 1160. The first-order valence-corrected chi connectivity index (χ1v) is 11.2. The van der Waals surface area contributed by atoms with Crippen LogP contribution in [-0.2, 0) is 11.2 Å². The number of para-hydroxylation sites is 1. The summed E-state index contributed by atoms with van der Waals surface area (Å²) in [7, 11) is 0. The zero-order valence-corrected chi connectivity index (χ0v) is 17.9. The SMILES string of the molecule is CCc1ccccc1NC(=O)CSc1ncnc2c(-c3ccc(Cl)cc3)nsc12. The van der Waals surface area contributed by atoms with E-state index in [2.05, 4.69) is 26.6 Å². The van der Waals surface area contributed by atoms with Crippen LogP contribution in [0.5, 0.6) is 0 Å². The maximum absolute atomic E-state index is 12.4. The fraction of sp³-hybridized carbons (Fsp3) is 0.143. The summed E-state index contributed by atoms with van der Waals surface area (Å²) in [5.74, 6) is 0.198. The number of carbonyl (C=O) groups excluding carboxylic acids is 1. The number of carbonyl (C=O) groups is 1. The molecule has 0 aliphatic heterocycles. The summed E-state index contributed by atoms with van der Waals surface area (Å²) in [6, 6.07) is 15.3. The topological polar surface area (TPSA) is 67.8 Å². The highest BCUT2D eigenvalue weighted by molar-refractivity contribution is 8.00. The van der Waals surface area contributed by atoms with Gasteiger partial charge in [0.05, 0.1) is 5.75 Å². The molecule has 0 saturated heterocycles. The molecule has 2 aromatic heterocycles. The van der Waals surface area contributed by atoms with E-state index in [1.807, 2.05) is 48.5 Å². The molecule has 2 aromatic carbocycles. The lowest BCUT2D eigenvalue weighted by atomic mass is 10.1. The smallest absolute Gasteiger partial charge is 0.234 e. The molecular weight excluding hydrogens is 424 g/mol. The minimum atomic E-state index is -0.0647. The third-order valence-corrected chi connectivity index (χ3v) is 6.57. The van der Waals surface area contributed by atoms with Crippen LogP contribution in [0.3, 0.4) is 0 Å². The largest absolute Gasteiger partial charge is 0.325 e. The Balaban J connectivity index is 1.51. The van der Waals surface area contributed by atoms with Crippen molar-refractivity contribution in [3.63, 3.8) is 0 Å². The van der Waals surface area contributed by atoms with Crippen molar-refractivity contribution in [2.45, 2.75) is 18.4 Å². The Morgan fingerprint density at radius 3 is 2.72 bits per heavy atom. The number of anilines is 1. The first kappa shape index (κ1) is 19.8. The predicted molar refractivity (Wildman–Crippen MR) is 121 cm³/mol. The van der Waals surface area contributed by atoms with Gasteiger partial charge in [-0.2, -0.15) is 4.37 Å². The maximum atomic E-state index is 12.4. The van der Waals surface area contributed by atoms with E-state index in [4.69, 9.17) is 11.6 Å². The van der Waals surface area contributed by atoms with Gasteiger partial charge < -0.3 is 5.32 Å². The van der Waals surface area contributed by atoms with Crippen molar-refractivity contribution in [3.8, 4) is 11.3 Å². The highest BCUT2D eigenvalue weighted by Crippen LogP contribution is 2.34. The number of hydrogen-bond acceptors (Lipinski definition) is 6. The number of nitrogens with one attached hydrogen (secondary N) is 1. The number of thioether (sulfide) groups is 1. The van der Waals surface area contributed by atoms with Gasteiger partial charge in [-0.15, -0.1) is 0 Å². The number of rotatable bonds is 6. The van der Waals surface area contributed by atoms with Crippen LogP contribution in [0.2, 0.25) is 5.02 Å². The number of benzene rings is 2. The van der Waals surface area contributed by atoms with Crippen molar-refractivity contribution in [1.82, 2.24) is 14.3 Å². The molecule has 29 heavy (non-hydrogen) atoms. The summed E-state index contributed by atoms with van der Waals surface area (Å²) in [5.41, 5.74) is 4.50. The van der Waals surface area contributed by atoms with Gasteiger partial charge in [0.1, 0.15) is 27.3 Å². The molecule has 0 unspecified atom stereocenters. The summed E-state index contributed by atoms with van der Waals surface area (Å²) < 4.78 is 5.43. The Morgan fingerprint density at radius 1 is 1.14 bits per heavy atom. The van der Waals surface area contributed by atoms with E-state index < -0.39 is 0 Å². The molecule has 4 rings (SSSR count). The van der Waals surface area contributed by atoms with Crippen LogP contribution in [0.25, 0.3) is 21.5 Å². The molecule has 1 amide bonds. The summed E-state index contributed by atoms with van der Waals surface area (Å²) in [5, 5.41) is 4.42. The van der Waals surface area contributed by atoms with Gasteiger partial charge in [0.2, 0.25) is 5.91 Å². The van der Waals surface area contributed by atoms with E-state index in [9.17, 15) is 4.79 Å². The Morgan fingerprint density at radius 2 is 1.93 bits per heavy atom. The number of fused-ring (bicyclic) bond motifs is 1. The highest BCUT2D eigenvalue weighted by atomic mass is 35.5. The summed E-state index contributed by atoms with van der Waals surface area (Å²) in [6.07, 6.45) is 2.38. The van der Waals surface area contributed by atoms with E-state index in [1.165, 1.54) is 29.6 Å². The van der Waals surface area contributed by atoms with Crippen molar-refractivity contribution in [2.24, 2.45) is 0 Å². The molecule has 0 aliphatic rings. The lowest BCUT2D eigenvalue weighted by Gasteiger charge is -2.09. The number of nitrogens with zero attached hydrogens (tertiary/aromatic N) is 3. The van der Waals surface area contributed by atoms with Crippen molar-refractivity contribution >= 4 is 56.7 Å². The predicted octanol–water partition coefficient (Wildman–Crippen LogP) is 5.70. The minimum absolute atomic E-state index is 0.0647. The van der Waals surface area contributed by atoms with E-state index >= 15 is 0 Å². The van der Waals surface area contributed by atoms with Gasteiger partial charge in [0.15, 0.2) is 0 Å². The molecule has 8 heteroatoms. The molecule has 0 atom stereocenters. The second-order valence-electron chi connectivity index (χ2n) is 6.24. The first-order chi connectivity index (χ1) is 14.2.